The normalized spacial score (nSPS) is 19.0. The molecule has 30 heavy (non-hydrogen) atoms. The summed E-state index contributed by atoms with van der Waals surface area (Å²) in [5.41, 5.74) is -0.873. The van der Waals surface area contributed by atoms with Crippen molar-refractivity contribution in [2.24, 2.45) is 11.8 Å². The van der Waals surface area contributed by atoms with E-state index in [1.807, 2.05) is 9.58 Å². The first-order chi connectivity index (χ1) is 14.2. The number of amides is 1. The van der Waals surface area contributed by atoms with Crippen molar-refractivity contribution in [3.8, 4) is 0 Å². The molecular formula is C20H23ClF3N5O. The highest BCUT2D eigenvalue weighted by atomic mass is 35.5. The predicted octanol–water partition coefficient (Wildman–Crippen LogP) is 4.78. The zero-order valence-corrected chi connectivity index (χ0v) is 17.2. The van der Waals surface area contributed by atoms with Gasteiger partial charge in [0.15, 0.2) is 0 Å². The summed E-state index contributed by atoms with van der Waals surface area (Å²) in [6.07, 6.45) is 1.51. The fourth-order valence-corrected chi connectivity index (χ4v) is 4.20. The largest absolute Gasteiger partial charge is 0.417 e. The van der Waals surface area contributed by atoms with Crippen LogP contribution in [0.3, 0.4) is 0 Å². The maximum absolute atomic E-state index is 12.8. The third-order valence-corrected chi connectivity index (χ3v) is 6.20. The van der Waals surface area contributed by atoms with E-state index < -0.39 is 11.7 Å². The molecule has 1 unspecified atom stereocenters. The molecule has 0 bridgehead atoms. The van der Waals surface area contributed by atoms with Gasteiger partial charge in [0.1, 0.15) is 11.6 Å². The molecule has 1 saturated heterocycles. The number of alkyl halides is 3. The molecule has 1 saturated carbocycles. The van der Waals surface area contributed by atoms with Gasteiger partial charge in [-0.1, -0.05) is 11.6 Å². The lowest BCUT2D eigenvalue weighted by Crippen LogP contribution is -2.39. The lowest BCUT2D eigenvalue weighted by molar-refractivity contribution is -0.137. The van der Waals surface area contributed by atoms with Gasteiger partial charge in [0.2, 0.25) is 5.91 Å². The second kappa shape index (κ2) is 8.09. The van der Waals surface area contributed by atoms with Crippen LogP contribution in [0, 0.1) is 11.8 Å². The number of hydrogen-bond donors (Lipinski definition) is 1. The molecule has 10 heteroatoms. The van der Waals surface area contributed by atoms with Crippen LogP contribution in [0.4, 0.5) is 24.8 Å². The Labute approximate surface area is 177 Å². The number of anilines is 2. The molecule has 4 rings (SSSR count). The molecule has 1 aliphatic heterocycles. The fraction of sp³-hybridized carbons (Fsp3) is 0.550. The lowest BCUT2D eigenvalue weighted by Gasteiger charge is -2.32. The minimum atomic E-state index is -4.48. The maximum Gasteiger partial charge on any atom is 0.417 e. The number of hydrogen-bond acceptors (Lipinski definition) is 4. The summed E-state index contributed by atoms with van der Waals surface area (Å²) in [7, 11) is 0. The van der Waals surface area contributed by atoms with Crippen molar-refractivity contribution in [3.05, 3.63) is 35.1 Å². The highest BCUT2D eigenvalue weighted by Gasteiger charge is 2.34. The van der Waals surface area contributed by atoms with Gasteiger partial charge in [0.25, 0.3) is 0 Å². The number of pyridine rings is 1. The number of halogens is 4. The molecule has 2 fully saturated rings. The van der Waals surface area contributed by atoms with Gasteiger partial charge in [0.05, 0.1) is 22.8 Å². The van der Waals surface area contributed by atoms with E-state index >= 15 is 0 Å². The molecule has 0 spiro atoms. The van der Waals surface area contributed by atoms with Crippen molar-refractivity contribution in [2.45, 2.75) is 44.8 Å². The predicted molar refractivity (Wildman–Crippen MR) is 107 cm³/mol. The number of aromatic nitrogens is 3. The van der Waals surface area contributed by atoms with Crippen LogP contribution in [0.1, 0.15) is 44.2 Å². The zero-order valence-electron chi connectivity index (χ0n) is 16.5. The van der Waals surface area contributed by atoms with Crippen LogP contribution >= 0.6 is 11.6 Å². The van der Waals surface area contributed by atoms with Gasteiger partial charge in [-0.15, -0.1) is 0 Å². The van der Waals surface area contributed by atoms with Gasteiger partial charge >= 0.3 is 6.18 Å². The Balaban J connectivity index is 1.36. The molecule has 0 aromatic carbocycles. The van der Waals surface area contributed by atoms with Crippen molar-refractivity contribution < 1.29 is 18.0 Å². The average Bonchev–Trinajstić information content (AvgIpc) is 3.46. The van der Waals surface area contributed by atoms with Gasteiger partial charge < -0.3 is 10.2 Å². The number of carbonyl (C=O) groups is 1. The number of rotatable bonds is 5. The first-order valence-corrected chi connectivity index (χ1v) is 10.4. The van der Waals surface area contributed by atoms with Gasteiger partial charge in [-0.05, 0) is 44.6 Å². The van der Waals surface area contributed by atoms with E-state index in [1.165, 1.54) is 12.8 Å². The van der Waals surface area contributed by atoms with Crippen LogP contribution in [0.15, 0.2) is 24.5 Å². The van der Waals surface area contributed by atoms with E-state index in [4.69, 9.17) is 11.6 Å². The Bertz CT molecular complexity index is 919. The van der Waals surface area contributed by atoms with Gasteiger partial charge in [-0.25, -0.2) is 9.67 Å². The first-order valence-electron chi connectivity index (χ1n) is 10.1. The quantitative estimate of drug-likeness (QED) is 0.725. The van der Waals surface area contributed by atoms with Gasteiger partial charge in [0, 0.05) is 31.3 Å². The molecule has 1 amide bonds. The highest BCUT2D eigenvalue weighted by molar-refractivity contribution is 6.33. The van der Waals surface area contributed by atoms with E-state index in [0.717, 1.165) is 12.3 Å². The molecule has 6 nitrogen and oxygen atoms in total. The number of nitrogens with zero attached hydrogens (tertiary/aromatic N) is 4. The van der Waals surface area contributed by atoms with E-state index in [-0.39, 0.29) is 22.9 Å². The molecule has 1 aliphatic carbocycles. The molecule has 2 aliphatic rings. The number of piperidine rings is 1. The third-order valence-electron chi connectivity index (χ3n) is 5.93. The van der Waals surface area contributed by atoms with Gasteiger partial charge in [-0.3, -0.25) is 4.79 Å². The summed E-state index contributed by atoms with van der Waals surface area (Å²) >= 11 is 6.05. The van der Waals surface area contributed by atoms with Crippen molar-refractivity contribution in [1.82, 2.24) is 14.8 Å². The molecule has 3 heterocycles. The third kappa shape index (κ3) is 4.40. The minimum Gasteiger partial charge on any atom is -0.355 e. The first kappa shape index (κ1) is 21.0. The molecule has 1 atom stereocenters. The second-order valence-corrected chi connectivity index (χ2v) is 8.42. The van der Waals surface area contributed by atoms with E-state index in [9.17, 15) is 18.0 Å². The van der Waals surface area contributed by atoms with E-state index in [2.05, 4.69) is 22.3 Å². The Morgan fingerprint density at radius 3 is 2.57 bits per heavy atom. The van der Waals surface area contributed by atoms with E-state index in [1.54, 1.807) is 12.3 Å². The maximum atomic E-state index is 12.8. The topological polar surface area (TPSA) is 63.1 Å². The summed E-state index contributed by atoms with van der Waals surface area (Å²) in [6.45, 7) is 3.10. The smallest absolute Gasteiger partial charge is 0.355 e. The van der Waals surface area contributed by atoms with E-state index in [0.29, 0.717) is 43.5 Å². The second-order valence-electron chi connectivity index (χ2n) is 8.02. The minimum absolute atomic E-state index is 0.0364. The Morgan fingerprint density at radius 2 is 1.97 bits per heavy atom. The Morgan fingerprint density at radius 1 is 1.27 bits per heavy atom. The highest BCUT2D eigenvalue weighted by Crippen LogP contribution is 2.40. The zero-order chi connectivity index (χ0) is 21.5. The molecule has 2 aromatic heterocycles. The SMILES string of the molecule is CC(C1CC1)n1nccc1NC(=O)C1CCN(c2ncc(C(F)(F)F)cc2Cl)CC1. The fourth-order valence-electron chi connectivity index (χ4n) is 3.92. The van der Waals surface area contributed by atoms with Crippen molar-refractivity contribution in [1.29, 1.82) is 0 Å². The summed E-state index contributed by atoms with van der Waals surface area (Å²) in [5, 5.41) is 7.31. The lowest BCUT2D eigenvalue weighted by atomic mass is 9.96. The van der Waals surface area contributed by atoms with Crippen LogP contribution in [-0.4, -0.2) is 33.8 Å². The van der Waals surface area contributed by atoms with Crippen LogP contribution < -0.4 is 10.2 Å². The van der Waals surface area contributed by atoms with Crippen molar-refractivity contribution in [2.75, 3.05) is 23.3 Å². The summed E-state index contributed by atoms with van der Waals surface area (Å²) in [5.74, 6) is 1.39. The summed E-state index contributed by atoms with van der Waals surface area (Å²) in [4.78, 5) is 18.5. The molecule has 162 valence electrons. The Hall–Kier alpha value is -2.29. The number of nitrogens with one attached hydrogen (secondary N) is 1. The van der Waals surface area contributed by atoms with Crippen molar-refractivity contribution >= 4 is 29.1 Å². The molecule has 0 radical (unpaired) electrons. The summed E-state index contributed by atoms with van der Waals surface area (Å²) in [6, 6.07) is 2.95. The van der Waals surface area contributed by atoms with Crippen LogP contribution in [0.5, 0.6) is 0 Å². The van der Waals surface area contributed by atoms with Crippen LogP contribution in [0.25, 0.3) is 0 Å². The van der Waals surface area contributed by atoms with Crippen LogP contribution in [0.2, 0.25) is 5.02 Å². The molecule has 2 aromatic rings. The Kier molecular flexibility index (Phi) is 5.65. The van der Waals surface area contributed by atoms with Gasteiger partial charge in [-0.2, -0.15) is 18.3 Å². The monoisotopic (exact) mass is 441 g/mol. The standard InChI is InChI=1S/C20H23ClF3N5O/c1-12(13-2-3-13)29-17(4-7-26-29)27-19(30)14-5-8-28(9-6-14)18-16(21)10-15(11-25-18)20(22,23)24/h4,7,10-14H,2-3,5-6,8-9H2,1H3,(H,27,30). The number of carbonyl (C=O) groups excluding carboxylic acids is 1. The summed E-state index contributed by atoms with van der Waals surface area (Å²) < 4.78 is 40.3. The molecular weight excluding hydrogens is 419 g/mol. The van der Waals surface area contributed by atoms with Crippen molar-refractivity contribution in [3.63, 3.8) is 0 Å². The molecule has 1 N–H and O–H groups in total. The van der Waals surface area contributed by atoms with Crippen LogP contribution in [-0.2, 0) is 11.0 Å². The average molecular weight is 442 g/mol.